The monoisotopic (exact) mass is 254 g/mol. The summed E-state index contributed by atoms with van der Waals surface area (Å²) >= 11 is 5.49. The largest absolute Gasteiger partial charge is 0.478 e. The van der Waals surface area contributed by atoms with Gasteiger partial charge in [-0.3, -0.25) is 0 Å². The van der Waals surface area contributed by atoms with Gasteiger partial charge in [-0.2, -0.15) is 0 Å². The van der Waals surface area contributed by atoms with Gasteiger partial charge in [-0.1, -0.05) is 12.2 Å². The summed E-state index contributed by atoms with van der Waals surface area (Å²) in [5.41, 5.74) is 0.490. The molecule has 90 valence electrons. The van der Waals surface area contributed by atoms with Crippen LogP contribution >= 0.6 is 11.6 Å². The molecule has 0 saturated carbocycles. The predicted molar refractivity (Wildman–Crippen MR) is 64.7 cm³/mol. The predicted octanol–water partition coefficient (Wildman–Crippen LogP) is 2.73. The quantitative estimate of drug-likeness (QED) is 0.793. The molecule has 1 aromatic carbocycles. The molecule has 5 heteroatoms. The fraction of sp³-hybridized carbons (Fsp3) is 0.167. The molecule has 0 aliphatic heterocycles. The zero-order chi connectivity index (χ0) is 12.8. The fourth-order valence-electron chi connectivity index (χ4n) is 1.30. The van der Waals surface area contributed by atoms with Crippen molar-refractivity contribution in [2.45, 2.75) is 6.42 Å². The molecule has 0 atom stereocenters. The number of hydrogen-bond acceptors (Lipinski definition) is 2. The van der Waals surface area contributed by atoms with Gasteiger partial charge in [0.15, 0.2) is 0 Å². The molecule has 1 rings (SSSR count). The van der Waals surface area contributed by atoms with Crippen LogP contribution in [0.25, 0.3) is 6.08 Å². The van der Waals surface area contributed by atoms with Crippen LogP contribution in [0.1, 0.15) is 32.7 Å². The van der Waals surface area contributed by atoms with Crippen molar-refractivity contribution in [3.8, 4) is 0 Å². The zero-order valence-corrected chi connectivity index (χ0v) is 9.65. The zero-order valence-electron chi connectivity index (χ0n) is 8.89. The molecule has 1 aromatic rings. The first-order valence-electron chi connectivity index (χ1n) is 4.89. The maximum atomic E-state index is 10.9. The Morgan fingerprint density at radius 1 is 1.24 bits per heavy atom. The van der Waals surface area contributed by atoms with E-state index in [0.29, 0.717) is 17.9 Å². The summed E-state index contributed by atoms with van der Waals surface area (Å²) in [6.07, 6.45) is 3.87. The number of alkyl halides is 1. The maximum Gasteiger partial charge on any atom is 0.336 e. The average Bonchev–Trinajstić information content (AvgIpc) is 2.28. The minimum absolute atomic E-state index is 0.0560. The van der Waals surface area contributed by atoms with Gasteiger partial charge in [0.05, 0.1) is 11.1 Å². The topological polar surface area (TPSA) is 74.6 Å². The van der Waals surface area contributed by atoms with Crippen molar-refractivity contribution in [3.05, 3.63) is 41.0 Å². The Balaban J connectivity index is 3.16. The highest BCUT2D eigenvalue weighted by Gasteiger charge is 2.11. The van der Waals surface area contributed by atoms with Gasteiger partial charge in [0.2, 0.25) is 0 Å². The van der Waals surface area contributed by atoms with Crippen molar-refractivity contribution < 1.29 is 19.8 Å². The van der Waals surface area contributed by atoms with Crippen molar-refractivity contribution in [2.24, 2.45) is 0 Å². The van der Waals surface area contributed by atoms with E-state index < -0.39 is 11.9 Å². The maximum absolute atomic E-state index is 10.9. The summed E-state index contributed by atoms with van der Waals surface area (Å²) in [7, 11) is 0. The smallest absolute Gasteiger partial charge is 0.336 e. The van der Waals surface area contributed by atoms with Crippen LogP contribution in [0.2, 0.25) is 0 Å². The van der Waals surface area contributed by atoms with E-state index in [1.54, 1.807) is 12.2 Å². The van der Waals surface area contributed by atoms with E-state index in [1.807, 2.05) is 0 Å². The van der Waals surface area contributed by atoms with E-state index in [0.717, 1.165) is 0 Å². The number of carbonyl (C=O) groups is 2. The summed E-state index contributed by atoms with van der Waals surface area (Å²) in [5, 5.41) is 17.8. The van der Waals surface area contributed by atoms with Gasteiger partial charge in [-0.05, 0) is 30.2 Å². The molecule has 0 unspecified atom stereocenters. The highest BCUT2D eigenvalue weighted by Crippen LogP contribution is 2.15. The number of halogens is 1. The second-order valence-electron chi connectivity index (χ2n) is 3.29. The summed E-state index contributed by atoms with van der Waals surface area (Å²) in [5.74, 6) is -1.75. The molecule has 0 aliphatic carbocycles. The number of allylic oxidation sites excluding steroid dienone is 1. The molecule has 0 spiro atoms. The molecule has 0 aliphatic rings. The second-order valence-corrected chi connectivity index (χ2v) is 3.67. The van der Waals surface area contributed by atoms with Crippen LogP contribution in [-0.4, -0.2) is 28.0 Å². The molecule has 0 fully saturated rings. The van der Waals surface area contributed by atoms with Crippen LogP contribution in [0.4, 0.5) is 0 Å². The number of carboxylic acid groups (broad SMARTS) is 2. The lowest BCUT2D eigenvalue weighted by molar-refractivity contribution is 0.0681. The van der Waals surface area contributed by atoms with Gasteiger partial charge in [0.25, 0.3) is 0 Å². The third-order valence-corrected chi connectivity index (χ3v) is 2.32. The molecule has 2 N–H and O–H groups in total. The lowest BCUT2D eigenvalue weighted by Gasteiger charge is -2.02. The van der Waals surface area contributed by atoms with Gasteiger partial charge in [0.1, 0.15) is 0 Å². The van der Waals surface area contributed by atoms with E-state index in [1.165, 1.54) is 18.2 Å². The Kier molecular flexibility index (Phi) is 4.72. The van der Waals surface area contributed by atoms with Gasteiger partial charge < -0.3 is 10.2 Å². The van der Waals surface area contributed by atoms with E-state index in [9.17, 15) is 9.59 Å². The Bertz CT molecular complexity index is 466. The van der Waals surface area contributed by atoms with Gasteiger partial charge in [-0.25, -0.2) is 9.59 Å². The highest BCUT2D eigenvalue weighted by molar-refractivity contribution is 6.17. The molecule has 0 radical (unpaired) electrons. The number of hydrogen-bond donors (Lipinski definition) is 2. The van der Waals surface area contributed by atoms with Crippen molar-refractivity contribution in [3.63, 3.8) is 0 Å². The Labute approximate surface area is 103 Å². The third kappa shape index (κ3) is 3.60. The van der Waals surface area contributed by atoms with Crippen LogP contribution in [0, 0.1) is 0 Å². The second kappa shape index (κ2) is 6.06. The number of benzene rings is 1. The van der Waals surface area contributed by atoms with Crippen molar-refractivity contribution in [1.82, 2.24) is 0 Å². The van der Waals surface area contributed by atoms with Crippen molar-refractivity contribution in [1.29, 1.82) is 0 Å². The highest BCUT2D eigenvalue weighted by atomic mass is 35.5. The van der Waals surface area contributed by atoms with Crippen LogP contribution in [0.15, 0.2) is 24.3 Å². The summed E-state index contributed by atoms with van der Waals surface area (Å²) in [4.78, 5) is 21.7. The average molecular weight is 255 g/mol. The number of carboxylic acids is 2. The molecule has 0 heterocycles. The number of aromatic carboxylic acids is 2. The van der Waals surface area contributed by atoms with Gasteiger partial charge >= 0.3 is 11.9 Å². The normalized spacial score (nSPS) is 10.6. The van der Waals surface area contributed by atoms with E-state index in [2.05, 4.69) is 0 Å². The summed E-state index contributed by atoms with van der Waals surface area (Å²) in [6.45, 7) is 0. The lowest BCUT2D eigenvalue weighted by Crippen LogP contribution is -2.03. The molecular formula is C12H11ClO4. The third-order valence-electron chi connectivity index (χ3n) is 2.10. The van der Waals surface area contributed by atoms with Crippen molar-refractivity contribution >= 4 is 29.6 Å². The summed E-state index contributed by atoms with van der Waals surface area (Å²) < 4.78 is 0. The first-order chi connectivity index (χ1) is 8.06. The number of rotatable bonds is 5. The fourth-order valence-corrected chi connectivity index (χ4v) is 1.43. The standard InChI is InChI=1S/C12H11ClO4/c13-6-2-1-3-8-7-9(11(14)15)4-5-10(8)12(16)17/h1,3-5,7H,2,6H2,(H,14,15)(H,16,17). The molecule has 0 saturated heterocycles. The van der Waals surface area contributed by atoms with E-state index in [-0.39, 0.29) is 11.1 Å². The Hall–Kier alpha value is -1.81. The first-order valence-corrected chi connectivity index (χ1v) is 5.43. The van der Waals surface area contributed by atoms with E-state index in [4.69, 9.17) is 21.8 Å². The molecule has 17 heavy (non-hydrogen) atoms. The Morgan fingerprint density at radius 3 is 2.47 bits per heavy atom. The van der Waals surface area contributed by atoms with E-state index >= 15 is 0 Å². The molecular weight excluding hydrogens is 244 g/mol. The molecule has 0 amide bonds. The summed E-state index contributed by atoms with van der Waals surface area (Å²) in [6, 6.07) is 3.88. The minimum atomic E-state index is -1.09. The van der Waals surface area contributed by atoms with Crippen LogP contribution in [-0.2, 0) is 0 Å². The lowest BCUT2D eigenvalue weighted by atomic mass is 10.0. The minimum Gasteiger partial charge on any atom is -0.478 e. The molecule has 0 aromatic heterocycles. The first kappa shape index (κ1) is 13.3. The SMILES string of the molecule is O=C(O)c1ccc(C(=O)O)c(C=CCCCl)c1. The van der Waals surface area contributed by atoms with Crippen molar-refractivity contribution in [2.75, 3.05) is 5.88 Å². The molecule has 0 bridgehead atoms. The van der Waals surface area contributed by atoms with Gasteiger partial charge in [0, 0.05) is 5.88 Å². The van der Waals surface area contributed by atoms with Crippen LogP contribution < -0.4 is 0 Å². The Morgan fingerprint density at radius 2 is 1.94 bits per heavy atom. The van der Waals surface area contributed by atoms with Gasteiger partial charge in [-0.15, -0.1) is 11.6 Å². The molecule has 4 nitrogen and oxygen atoms in total. The van der Waals surface area contributed by atoms with Crippen LogP contribution in [0.3, 0.4) is 0 Å². The van der Waals surface area contributed by atoms with Crippen LogP contribution in [0.5, 0.6) is 0 Å².